The predicted octanol–water partition coefficient (Wildman–Crippen LogP) is 4.49. The molecule has 2 aromatic carbocycles. The monoisotopic (exact) mass is 455 g/mol. The summed E-state index contributed by atoms with van der Waals surface area (Å²) in [6, 6.07) is 17.0. The van der Waals surface area contributed by atoms with Crippen LogP contribution in [-0.2, 0) is 19.4 Å². The molecule has 33 heavy (non-hydrogen) atoms. The van der Waals surface area contributed by atoms with Crippen LogP contribution in [0.1, 0.15) is 16.7 Å². The molecular weight excluding hydrogens is 430 g/mol. The number of hydrogen-bond acceptors (Lipinski definition) is 6. The molecule has 0 saturated heterocycles. The standard InChI is InChI=1S/C25H25N7S/c1-26-15-24(13-19-3-7-23(8-4-19)32-11-2-10-29-32)33-18-31-12-9-20-5-6-21(14-22(20)16-31)25-27-17-28-30-25/h2-8,10-11,14-15,17H,1,9,12-13,16,18H2,(H,27,28,30)/b24-15-. The highest BCUT2D eigenvalue weighted by Gasteiger charge is 2.18. The van der Waals surface area contributed by atoms with Gasteiger partial charge in [0.1, 0.15) is 6.33 Å². The van der Waals surface area contributed by atoms with Gasteiger partial charge < -0.3 is 0 Å². The number of aromatic amines is 1. The Hall–Kier alpha value is -3.49. The van der Waals surface area contributed by atoms with Gasteiger partial charge in [0.25, 0.3) is 0 Å². The third-order valence-electron chi connectivity index (χ3n) is 5.74. The summed E-state index contributed by atoms with van der Waals surface area (Å²) in [6.07, 6.45) is 9.05. The number of H-pyrrole nitrogens is 1. The number of nitrogens with one attached hydrogen (secondary N) is 1. The van der Waals surface area contributed by atoms with E-state index in [1.54, 1.807) is 12.5 Å². The van der Waals surface area contributed by atoms with E-state index in [1.165, 1.54) is 21.6 Å². The van der Waals surface area contributed by atoms with Gasteiger partial charge in [-0.15, -0.1) is 11.8 Å². The summed E-state index contributed by atoms with van der Waals surface area (Å²) in [5.74, 6) is 1.73. The van der Waals surface area contributed by atoms with E-state index in [0.29, 0.717) is 0 Å². The molecule has 0 bridgehead atoms. The molecule has 0 unspecified atom stereocenters. The molecule has 3 heterocycles. The molecule has 0 fully saturated rings. The lowest BCUT2D eigenvalue weighted by Crippen LogP contribution is -2.30. The highest BCUT2D eigenvalue weighted by Crippen LogP contribution is 2.28. The number of allylic oxidation sites excluding steroid dienone is 1. The van der Waals surface area contributed by atoms with Crippen molar-refractivity contribution in [3.05, 3.63) is 95.0 Å². The van der Waals surface area contributed by atoms with Gasteiger partial charge in [-0.05, 0) is 54.1 Å². The van der Waals surface area contributed by atoms with Crippen molar-refractivity contribution in [1.29, 1.82) is 0 Å². The lowest BCUT2D eigenvalue weighted by atomic mass is 9.97. The highest BCUT2D eigenvalue weighted by atomic mass is 32.2. The summed E-state index contributed by atoms with van der Waals surface area (Å²) < 4.78 is 1.86. The van der Waals surface area contributed by atoms with E-state index in [-0.39, 0.29) is 0 Å². The molecule has 1 aliphatic rings. The molecule has 1 N–H and O–H groups in total. The lowest BCUT2D eigenvalue weighted by Gasteiger charge is -2.29. The summed E-state index contributed by atoms with van der Waals surface area (Å²) in [5, 5.41) is 11.2. The van der Waals surface area contributed by atoms with Crippen LogP contribution in [0.5, 0.6) is 0 Å². The number of fused-ring (bicyclic) bond motifs is 1. The van der Waals surface area contributed by atoms with Gasteiger partial charge in [-0.2, -0.15) is 10.2 Å². The van der Waals surface area contributed by atoms with Crippen LogP contribution in [-0.4, -0.2) is 49.0 Å². The lowest BCUT2D eigenvalue weighted by molar-refractivity contribution is 0.300. The number of nitrogens with zero attached hydrogens (tertiary/aromatic N) is 6. The molecule has 0 atom stereocenters. The zero-order valence-electron chi connectivity index (χ0n) is 18.3. The van der Waals surface area contributed by atoms with Crippen molar-refractivity contribution in [2.45, 2.75) is 19.4 Å². The topological polar surface area (TPSA) is 75.0 Å². The van der Waals surface area contributed by atoms with Crippen molar-refractivity contribution in [3.8, 4) is 17.1 Å². The summed E-state index contributed by atoms with van der Waals surface area (Å²) in [4.78, 5) is 12.0. The summed E-state index contributed by atoms with van der Waals surface area (Å²) in [6.45, 7) is 5.65. The van der Waals surface area contributed by atoms with Gasteiger partial charge in [0.05, 0.1) is 5.69 Å². The van der Waals surface area contributed by atoms with Gasteiger partial charge in [0, 0.05) is 54.4 Å². The summed E-state index contributed by atoms with van der Waals surface area (Å²) in [5.41, 5.74) is 6.16. The Morgan fingerprint density at radius 2 is 2.09 bits per heavy atom. The largest absolute Gasteiger partial charge is 0.289 e. The average molecular weight is 456 g/mol. The zero-order chi connectivity index (χ0) is 22.5. The molecule has 166 valence electrons. The molecule has 0 amide bonds. The van der Waals surface area contributed by atoms with Crippen LogP contribution < -0.4 is 0 Å². The third kappa shape index (κ3) is 5.13. The normalized spacial score (nSPS) is 14.2. The van der Waals surface area contributed by atoms with Crippen LogP contribution >= 0.6 is 11.8 Å². The van der Waals surface area contributed by atoms with Gasteiger partial charge in [0.15, 0.2) is 5.82 Å². The van der Waals surface area contributed by atoms with E-state index in [0.717, 1.165) is 48.9 Å². The number of rotatable bonds is 8. The molecule has 4 aromatic rings. The van der Waals surface area contributed by atoms with Crippen LogP contribution in [0.25, 0.3) is 17.1 Å². The Balaban J connectivity index is 1.21. The number of benzene rings is 2. The molecule has 7 nitrogen and oxygen atoms in total. The Morgan fingerprint density at radius 1 is 1.18 bits per heavy atom. The Bertz CT molecular complexity index is 1230. The van der Waals surface area contributed by atoms with Crippen LogP contribution in [0.4, 0.5) is 0 Å². The van der Waals surface area contributed by atoms with E-state index < -0.39 is 0 Å². The SMILES string of the molecule is C=N/C=C(/Cc1ccc(-n2cccn2)cc1)SCN1CCc2ccc(-c3ncn[nH]3)cc2C1. The second kappa shape index (κ2) is 9.97. The number of thioether (sulfide) groups is 1. The highest BCUT2D eigenvalue weighted by molar-refractivity contribution is 8.03. The molecule has 0 aliphatic carbocycles. The maximum Gasteiger partial charge on any atom is 0.155 e. The van der Waals surface area contributed by atoms with E-state index >= 15 is 0 Å². The summed E-state index contributed by atoms with van der Waals surface area (Å²) >= 11 is 1.83. The van der Waals surface area contributed by atoms with Crippen molar-refractivity contribution in [1.82, 2.24) is 29.9 Å². The maximum absolute atomic E-state index is 4.29. The van der Waals surface area contributed by atoms with E-state index in [2.05, 4.69) is 79.4 Å². The fourth-order valence-electron chi connectivity index (χ4n) is 4.02. The predicted molar refractivity (Wildman–Crippen MR) is 133 cm³/mol. The van der Waals surface area contributed by atoms with Crippen molar-refractivity contribution in [2.75, 3.05) is 12.4 Å². The van der Waals surface area contributed by atoms with Gasteiger partial charge in [-0.3, -0.25) is 15.0 Å². The molecular formula is C25H25N7S. The van der Waals surface area contributed by atoms with Gasteiger partial charge in [0.2, 0.25) is 0 Å². The first-order valence-corrected chi connectivity index (χ1v) is 11.8. The fourth-order valence-corrected chi connectivity index (χ4v) is 5.00. The number of aliphatic imine (C=N–C) groups is 1. The van der Waals surface area contributed by atoms with Crippen molar-refractivity contribution in [3.63, 3.8) is 0 Å². The first-order chi connectivity index (χ1) is 16.3. The van der Waals surface area contributed by atoms with Crippen LogP contribution in [0.2, 0.25) is 0 Å². The average Bonchev–Trinajstić information content (AvgIpc) is 3.58. The summed E-state index contributed by atoms with van der Waals surface area (Å²) in [7, 11) is 0. The van der Waals surface area contributed by atoms with Crippen LogP contribution in [0.15, 0.2) is 83.3 Å². The molecule has 8 heteroatoms. The maximum atomic E-state index is 4.29. The zero-order valence-corrected chi connectivity index (χ0v) is 19.1. The third-order valence-corrected chi connectivity index (χ3v) is 6.85. The van der Waals surface area contributed by atoms with Gasteiger partial charge >= 0.3 is 0 Å². The minimum absolute atomic E-state index is 0.810. The molecule has 5 rings (SSSR count). The van der Waals surface area contributed by atoms with E-state index in [4.69, 9.17) is 0 Å². The minimum Gasteiger partial charge on any atom is -0.289 e. The van der Waals surface area contributed by atoms with E-state index in [9.17, 15) is 0 Å². The Kier molecular flexibility index (Phi) is 6.46. The van der Waals surface area contributed by atoms with Gasteiger partial charge in [-0.1, -0.05) is 24.3 Å². The quantitative estimate of drug-likeness (QED) is 0.396. The molecule has 1 aliphatic heterocycles. The molecule has 0 spiro atoms. The Morgan fingerprint density at radius 3 is 2.85 bits per heavy atom. The number of hydrogen-bond donors (Lipinski definition) is 1. The second-order valence-corrected chi connectivity index (χ2v) is 9.04. The Labute approximate surface area is 197 Å². The minimum atomic E-state index is 0.810. The molecule has 0 radical (unpaired) electrons. The van der Waals surface area contributed by atoms with Crippen molar-refractivity contribution >= 4 is 18.5 Å². The molecule has 0 saturated carbocycles. The van der Waals surface area contributed by atoms with Crippen LogP contribution in [0, 0.1) is 0 Å². The number of aromatic nitrogens is 5. The van der Waals surface area contributed by atoms with Crippen LogP contribution in [0.3, 0.4) is 0 Å². The van der Waals surface area contributed by atoms with Gasteiger partial charge in [-0.25, -0.2) is 9.67 Å². The van der Waals surface area contributed by atoms with E-state index in [1.807, 2.05) is 34.9 Å². The fraction of sp³-hybridized carbons (Fsp3) is 0.200. The van der Waals surface area contributed by atoms with Crippen molar-refractivity contribution in [2.24, 2.45) is 4.99 Å². The molecule has 2 aromatic heterocycles. The van der Waals surface area contributed by atoms with Crippen molar-refractivity contribution < 1.29 is 0 Å². The smallest absolute Gasteiger partial charge is 0.155 e. The first kappa shape index (κ1) is 21.4. The second-order valence-electron chi connectivity index (χ2n) is 7.97. The first-order valence-electron chi connectivity index (χ1n) is 10.8.